The van der Waals surface area contributed by atoms with Crippen molar-refractivity contribution in [2.24, 2.45) is 0 Å². The number of nitrogens with zero attached hydrogens (tertiary/aromatic N) is 1. The van der Waals surface area contributed by atoms with Gasteiger partial charge in [-0.05, 0) is 25.0 Å². The highest BCUT2D eigenvalue weighted by molar-refractivity contribution is 5.37. The molecule has 0 aliphatic heterocycles. The lowest BCUT2D eigenvalue weighted by atomic mass is 10.1. The van der Waals surface area contributed by atoms with E-state index in [1.807, 2.05) is 12.1 Å². The van der Waals surface area contributed by atoms with Crippen molar-refractivity contribution in [3.05, 3.63) is 18.3 Å². The van der Waals surface area contributed by atoms with Gasteiger partial charge in [0.1, 0.15) is 11.6 Å². The highest BCUT2D eigenvalue weighted by Crippen LogP contribution is 2.17. The van der Waals surface area contributed by atoms with Crippen LogP contribution >= 0.6 is 0 Å². The Labute approximate surface area is 116 Å². The molecule has 1 saturated carbocycles. The summed E-state index contributed by atoms with van der Waals surface area (Å²) in [5.41, 5.74) is 0. The van der Waals surface area contributed by atoms with Crippen molar-refractivity contribution in [1.29, 1.82) is 0 Å². The lowest BCUT2D eigenvalue weighted by Gasteiger charge is -2.16. The molecule has 0 bridgehead atoms. The van der Waals surface area contributed by atoms with Gasteiger partial charge in [-0.2, -0.15) is 0 Å². The molecule has 0 atom stereocenters. The van der Waals surface area contributed by atoms with Crippen LogP contribution in [0.5, 0.6) is 5.75 Å². The van der Waals surface area contributed by atoms with Crippen molar-refractivity contribution in [3.63, 3.8) is 0 Å². The number of hydrogen-bond donors (Lipinski definition) is 2. The second kappa shape index (κ2) is 8.00. The molecule has 1 heterocycles. The molecule has 0 aromatic carbocycles. The number of aromatic nitrogens is 1. The van der Waals surface area contributed by atoms with Crippen LogP contribution in [0.1, 0.15) is 38.5 Å². The number of ether oxygens (including phenoxy) is 1. The molecule has 2 rings (SSSR count). The first kappa shape index (κ1) is 14.1. The Morgan fingerprint density at radius 3 is 2.58 bits per heavy atom. The molecule has 1 aliphatic rings. The van der Waals surface area contributed by atoms with Crippen LogP contribution in [0.3, 0.4) is 0 Å². The number of pyridine rings is 1. The van der Waals surface area contributed by atoms with Gasteiger partial charge in [-0.1, -0.05) is 25.7 Å². The zero-order valence-electron chi connectivity index (χ0n) is 11.8. The number of hydrogen-bond acceptors (Lipinski definition) is 4. The van der Waals surface area contributed by atoms with Crippen LogP contribution in [0.2, 0.25) is 0 Å². The van der Waals surface area contributed by atoms with E-state index in [1.165, 1.54) is 38.5 Å². The van der Waals surface area contributed by atoms with Crippen LogP contribution in [0.4, 0.5) is 5.82 Å². The zero-order chi connectivity index (χ0) is 13.3. The number of rotatable bonds is 6. The molecule has 2 N–H and O–H groups in total. The van der Waals surface area contributed by atoms with Crippen molar-refractivity contribution < 1.29 is 4.74 Å². The minimum atomic E-state index is 0.716. The Balaban J connectivity index is 1.62. The monoisotopic (exact) mass is 263 g/mol. The van der Waals surface area contributed by atoms with Gasteiger partial charge in [0.05, 0.1) is 13.3 Å². The normalized spacial score (nSPS) is 16.9. The summed E-state index contributed by atoms with van der Waals surface area (Å²) >= 11 is 0. The van der Waals surface area contributed by atoms with Gasteiger partial charge in [-0.15, -0.1) is 0 Å². The highest BCUT2D eigenvalue weighted by atomic mass is 16.5. The van der Waals surface area contributed by atoms with Gasteiger partial charge < -0.3 is 15.4 Å². The van der Waals surface area contributed by atoms with Crippen molar-refractivity contribution in [2.75, 3.05) is 25.5 Å². The molecule has 19 heavy (non-hydrogen) atoms. The van der Waals surface area contributed by atoms with Crippen LogP contribution in [0.25, 0.3) is 0 Å². The van der Waals surface area contributed by atoms with Crippen molar-refractivity contribution >= 4 is 5.82 Å². The Morgan fingerprint density at radius 2 is 1.95 bits per heavy atom. The molecule has 1 aromatic heterocycles. The zero-order valence-corrected chi connectivity index (χ0v) is 11.8. The molecule has 0 amide bonds. The number of anilines is 1. The first-order valence-electron chi connectivity index (χ1n) is 7.36. The summed E-state index contributed by atoms with van der Waals surface area (Å²) in [6.45, 7) is 1.91. The predicted octanol–water partition coefficient (Wildman–Crippen LogP) is 2.81. The van der Waals surface area contributed by atoms with E-state index < -0.39 is 0 Å². The highest BCUT2D eigenvalue weighted by Gasteiger charge is 2.10. The van der Waals surface area contributed by atoms with Gasteiger partial charge >= 0.3 is 0 Å². The van der Waals surface area contributed by atoms with Crippen LogP contribution in [0.15, 0.2) is 18.3 Å². The molecule has 106 valence electrons. The van der Waals surface area contributed by atoms with Gasteiger partial charge in [-0.3, -0.25) is 0 Å². The fourth-order valence-electron chi connectivity index (χ4n) is 2.56. The second-order valence-electron chi connectivity index (χ2n) is 5.15. The van der Waals surface area contributed by atoms with E-state index in [0.717, 1.165) is 24.7 Å². The maximum Gasteiger partial charge on any atom is 0.137 e. The van der Waals surface area contributed by atoms with Gasteiger partial charge in [-0.25, -0.2) is 4.98 Å². The summed E-state index contributed by atoms with van der Waals surface area (Å²) in [5.74, 6) is 1.70. The Morgan fingerprint density at radius 1 is 1.16 bits per heavy atom. The lowest BCUT2D eigenvalue weighted by molar-refractivity contribution is 0.413. The van der Waals surface area contributed by atoms with Gasteiger partial charge in [0.2, 0.25) is 0 Å². The van der Waals surface area contributed by atoms with E-state index in [1.54, 1.807) is 13.3 Å². The SMILES string of the molecule is COc1ccc(NCCNC2CCCCCC2)nc1. The average Bonchev–Trinajstić information content (AvgIpc) is 2.73. The standard InChI is InChI=1S/C15H25N3O/c1-19-14-8-9-15(18-12-14)17-11-10-16-13-6-4-2-3-5-7-13/h8-9,12-13,16H,2-7,10-11H2,1H3,(H,17,18). The van der Waals surface area contributed by atoms with E-state index in [0.29, 0.717) is 6.04 Å². The molecular formula is C15H25N3O. The predicted molar refractivity (Wildman–Crippen MR) is 78.8 cm³/mol. The second-order valence-corrected chi connectivity index (χ2v) is 5.15. The quantitative estimate of drug-likeness (QED) is 0.612. The summed E-state index contributed by atoms with van der Waals surface area (Å²) in [5, 5.41) is 6.96. The molecule has 0 unspecified atom stereocenters. The van der Waals surface area contributed by atoms with E-state index in [4.69, 9.17) is 4.74 Å². The molecular weight excluding hydrogens is 238 g/mol. The van der Waals surface area contributed by atoms with E-state index in [9.17, 15) is 0 Å². The molecule has 0 spiro atoms. The maximum absolute atomic E-state index is 5.08. The third-order valence-corrected chi connectivity index (χ3v) is 3.69. The van der Waals surface area contributed by atoms with E-state index in [-0.39, 0.29) is 0 Å². The van der Waals surface area contributed by atoms with Gasteiger partial charge in [0.25, 0.3) is 0 Å². The smallest absolute Gasteiger partial charge is 0.137 e. The van der Waals surface area contributed by atoms with Crippen LogP contribution in [-0.4, -0.2) is 31.2 Å². The van der Waals surface area contributed by atoms with Crippen molar-refractivity contribution in [1.82, 2.24) is 10.3 Å². The first-order valence-corrected chi connectivity index (χ1v) is 7.36. The third kappa shape index (κ3) is 5.07. The fraction of sp³-hybridized carbons (Fsp3) is 0.667. The molecule has 0 radical (unpaired) electrons. The topological polar surface area (TPSA) is 46.2 Å². The fourth-order valence-corrected chi connectivity index (χ4v) is 2.56. The third-order valence-electron chi connectivity index (χ3n) is 3.69. The van der Waals surface area contributed by atoms with Crippen molar-refractivity contribution in [3.8, 4) is 5.75 Å². The first-order chi connectivity index (χ1) is 9.38. The summed E-state index contributed by atoms with van der Waals surface area (Å²) in [6.07, 6.45) is 9.98. The minimum Gasteiger partial charge on any atom is -0.495 e. The molecule has 4 nitrogen and oxygen atoms in total. The van der Waals surface area contributed by atoms with Gasteiger partial charge in [0.15, 0.2) is 0 Å². The molecule has 0 saturated heterocycles. The van der Waals surface area contributed by atoms with Gasteiger partial charge in [0, 0.05) is 19.1 Å². The van der Waals surface area contributed by atoms with E-state index >= 15 is 0 Å². The maximum atomic E-state index is 5.08. The van der Waals surface area contributed by atoms with Crippen LogP contribution in [0, 0.1) is 0 Å². The number of methoxy groups -OCH3 is 1. The van der Waals surface area contributed by atoms with Crippen LogP contribution < -0.4 is 15.4 Å². The molecule has 4 heteroatoms. The van der Waals surface area contributed by atoms with Crippen LogP contribution in [-0.2, 0) is 0 Å². The Bertz CT molecular complexity index is 345. The Hall–Kier alpha value is -1.29. The molecule has 1 aliphatic carbocycles. The summed E-state index contributed by atoms with van der Waals surface area (Å²) in [6, 6.07) is 4.59. The summed E-state index contributed by atoms with van der Waals surface area (Å²) in [4.78, 5) is 4.28. The summed E-state index contributed by atoms with van der Waals surface area (Å²) < 4.78 is 5.08. The Kier molecular flexibility index (Phi) is 5.95. The molecule has 1 fully saturated rings. The molecule has 1 aromatic rings. The van der Waals surface area contributed by atoms with Crippen molar-refractivity contribution in [2.45, 2.75) is 44.6 Å². The lowest BCUT2D eigenvalue weighted by Crippen LogP contribution is -2.32. The van der Waals surface area contributed by atoms with E-state index in [2.05, 4.69) is 15.6 Å². The minimum absolute atomic E-state index is 0.716. The summed E-state index contributed by atoms with van der Waals surface area (Å²) in [7, 11) is 1.65. The largest absolute Gasteiger partial charge is 0.495 e. The number of nitrogens with one attached hydrogen (secondary N) is 2. The average molecular weight is 263 g/mol.